The van der Waals surface area contributed by atoms with E-state index in [9.17, 15) is 19.5 Å². The SMILES string of the molecule is CCOc1ccc(NC(=O)[C@@H]2[C@H]3C(=O)N([C@@H](CO)[C@@H](C)CC)C(C(=O)NC(C)(C)CC(C)(C)C)C34CC[C@@]2(CC)O4)cc1. The predicted molar refractivity (Wildman–Crippen MR) is 167 cm³/mol. The topological polar surface area (TPSA) is 117 Å². The van der Waals surface area contributed by atoms with Crippen molar-refractivity contribution in [3.05, 3.63) is 24.3 Å². The molecule has 2 unspecified atom stereocenters. The number of hydrogen-bond acceptors (Lipinski definition) is 6. The Balaban J connectivity index is 1.75. The molecule has 7 atom stereocenters. The highest BCUT2D eigenvalue weighted by atomic mass is 16.5. The molecular formula is C34H53N3O6. The molecule has 3 saturated heterocycles. The molecule has 2 bridgehead atoms. The third-order valence-electron chi connectivity index (χ3n) is 9.86. The third kappa shape index (κ3) is 6.04. The van der Waals surface area contributed by atoms with E-state index >= 15 is 0 Å². The molecule has 1 aromatic rings. The predicted octanol–water partition coefficient (Wildman–Crippen LogP) is 4.92. The monoisotopic (exact) mass is 599 g/mol. The number of amides is 3. The van der Waals surface area contributed by atoms with E-state index in [1.807, 2.05) is 41.5 Å². The van der Waals surface area contributed by atoms with Gasteiger partial charge in [-0.15, -0.1) is 0 Å². The van der Waals surface area contributed by atoms with Crippen molar-refractivity contribution in [1.82, 2.24) is 10.2 Å². The normalized spacial score (nSPS) is 29.8. The van der Waals surface area contributed by atoms with E-state index in [4.69, 9.17) is 9.47 Å². The molecule has 9 nitrogen and oxygen atoms in total. The number of aliphatic hydroxyl groups excluding tert-OH is 1. The number of fused-ring (bicyclic) bond motifs is 1. The first kappa shape index (κ1) is 33.2. The van der Waals surface area contributed by atoms with Crippen LogP contribution in [0.1, 0.15) is 94.4 Å². The highest BCUT2D eigenvalue weighted by molar-refractivity contribution is 6.02. The zero-order valence-corrected chi connectivity index (χ0v) is 27.6. The van der Waals surface area contributed by atoms with Crippen molar-refractivity contribution >= 4 is 23.4 Å². The van der Waals surface area contributed by atoms with Crippen LogP contribution < -0.4 is 15.4 Å². The number of benzene rings is 1. The fraction of sp³-hybridized carbons (Fsp3) is 0.735. The Kier molecular flexibility index (Phi) is 9.30. The minimum atomic E-state index is -1.16. The van der Waals surface area contributed by atoms with Crippen molar-refractivity contribution in [3.63, 3.8) is 0 Å². The molecule has 3 fully saturated rings. The summed E-state index contributed by atoms with van der Waals surface area (Å²) < 4.78 is 12.5. The highest BCUT2D eigenvalue weighted by Gasteiger charge is 2.79. The number of anilines is 1. The number of carbonyl (C=O) groups is 3. The van der Waals surface area contributed by atoms with Gasteiger partial charge in [0, 0.05) is 11.2 Å². The van der Waals surface area contributed by atoms with Crippen LogP contribution in [0.25, 0.3) is 0 Å². The van der Waals surface area contributed by atoms with Gasteiger partial charge in [-0.2, -0.15) is 0 Å². The van der Waals surface area contributed by atoms with Crippen molar-refractivity contribution in [2.24, 2.45) is 23.2 Å². The third-order valence-corrected chi connectivity index (χ3v) is 9.86. The number of ether oxygens (including phenoxy) is 2. The quantitative estimate of drug-likeness (QED) is 0.314. The van der Waals surface area contributed by atoms with Gasteiger partial charge in [0.25, 0.3) is 0 Å². The van der Waals surface area contributed by atoms with Crippen LogP contribution >= 0.6 is 0 Å². The van der Waals surface area contributed by atoms with E-state index in [0.29, 0.717) is 37.3 Å². The summed E-state index contributed by atoms with van der Waals surface area (Å²) in [5, 5.41) is 16.9. The average molecular weight is 600 g/mol. The number of aliphatic hydroxyl groups is 1. The Bertz CT molecular complexity index is 1190. The Morgan fingerprint density at radius 3 is 2.28 bits per heavy atom. The molecule has 4 rings (SSSR count). The number of hydrogen-bond donors (Lipinski definition) is 3. The molecule has 43 heavy (non-hydrogen) atoms. The first-order chi connectivity index (χ1) is 20.1. The summed E-state index contributed by atoms with van der Waals surface area (Å²) in [5.74, 6) is -1.81. The number of rotatable bonds is 12. The molecule has 3 amide bonds. The molecule has 3 aliphatic heterocycles. The Morgan fingerprint density at radius 1 is 1.09 bits per heavy atom. The van der Waals surface area contributed by atoms with Gasteiger partial charge in [-0.1, -0.05) is 48.0 Å². The summed E-state index contributed by atoms with van der Waals surface area (Å²) in [6, 6.07) is 5.64. The van der Waals surface area contributed by atoms with Gasteiger partial charge in [-0.3, -0.25) is 14.4 Å². The molecule has 3 N–H and O–H groups in total. The molecule has 0 aliphatic carbocycles. The van der Waals surface area contributed by atoms with Crippen molar-refractivity contribution < 1.29 is 29.0 Å². The van der Waals surface area contributed by atoms with E-state index < -0.39 is 40.7 Å². The molecule has 3 aliphatic rings. The van der Waals surface area contributed by atoms with Crippen molar-refractivity contribution in [2.45, 2.75) is 123 Å². The van der Waals surface area contributed by atoms with Crippen LogP contribution in [0.4, 0.5) is 5.69 Å². The van der Waals surface area contributed by atoms with Crippen molar-refractivity contribution in [2.75, 3.05) is 18.5 Å². The van der Waals surface area contributed by atoms with E-state index in [2.05, 4.69) is 31.4 Å². The molecule has 1 spiro atoms. The molecule has 9 heteroatoms. The van der Waals surface area contributed by atoms with Crippen LogP contribution in [-0.2, 0) is 19.1 Å². The lowest BCUT2D eigenvalue weighted by Gasteiger charge is -2.41. The van der Waals surface area contributed by atoms with Gasteiger partial charge in [-0.25, -0.2) is 0 Å². The molecular weight excluding hydrogens is 546 g/mol. The highest BCUT2D eigenvalue weighted by Crippen LogP contribution is 2.64. The summed E-state index contributed by atoms with van der Waals surface area (Å²) >= 11 is 0. The lowest BCUT2D eigenvalue weighted by atomic mass is 9.65. The zero-order chi connectivity index (χ0) is 32.0. The molecule has 1 aromatic carbocycles. The summed E-state index contributed by atoms with van der Waals surface area (Å²) in [7, 11) is 0. The van der Waals surface area contributed by atoms with Gasteiger partial charge in [-0.05, 0) is 82.1 Å². The number of nitrogens with one attached hydrogen (secondary N) is 2. The lowest BCUT2D eigenvalue weighted by Crippen LogP contribution is -2.62. The van der Waals surface area contributed by atoms with Gasteiger partial charge >= 0.3 is 0 Å². The van der Waals surface area contributed by atoms with Crippen molar-refractivity contribution in [3.8, 4) is 5.75 Å². The Labute approximate surface area is 257 Å². The molecule has 3 heterocycles. The standard InChI is InChI=1S/C34H53N3O6/c1-10-21(4)24(19-38)37-27(29(40)36-32(8,9)20-31(5,6)7)34-18-17-33(11-2,43-34)25(26(34)30(37)41)28(39)35-22-13-15-23(16-14-22)42-12-3/h13-16,21,24-27,38H,10-12,17-20H2,1-9H3,(H,35,39)(H,36,40)/t21-,24-,25-,26-,27?,33+,34?/m0/s1. The maximum absolute atomic E-state index is 14.6. The first-order valence-electron chi connectivity index (χ1n) is 16.1. The van der Waals surface area contributed by atoms with Crippen LogP contribution in [0, 0.1) is 23.2 Å². The number of nitrogens with zero attached hydrogens (tertiary/aromatic N) is 1. The second-order valence-corrected chi connectivity index (χ2v) is 14.8. The van der Waals surface area contributed by atoms with Gasteiger partial charge in [0.2, 0.25) is 17.7 Å². The maximum atomic E-state index is 14.6. The van der Waals surface area contributed by atoms with Crippen LogP contribution in [0.2, 0.25) is 0 Å². The summed E-state index contributed by atoms with van der Waals surface area (Å²) in [6.45, 7) is 18.5. The average Bonchev–Trinajstić information content (AvgIpc) is 3.52. The van der Waals surface area contributed by atoms with E-state index in [1.165, 1.54) is 0 Å². The lowest BCUT2D eigenvalue weighted by molar-refractivity contribution is -0.152. The van der Waals surface area contributed by atoms with Crippen LogP contribution in [-0.4, -0.2) is 69.8 Å². The van der Waals surface area contributed by atoms with Crippen LogP contribution in [0.3, 0.4) is 0 Å². The van der Waals surface area contributed by atoms with Gasteiger partial charge < -0.3 is 30.1 Å². The molecule has 0 aromatic heterocycles. The fourth-order valence-corrected chi connectivity index (χ4v) is 8.32. The van der Waals surface area contributed by atoms with Gasteiger partial charge in [0.1, 0.15) is 17.4 Å². The molecule has 0 radical (unpaired) electrons. The smallest absolute Gasteiger partial charge is 0.246 e. The largest absolute Gasteiger partial charge is 0.494 e. The molecule has 240 valence electrons. The first-order valence-corrected chi connectivity index (χ1v) is 16.1. The summed E-state index contributed by atoms with van der Waals surface area (Å²) in [5.41, 5.74) is -1.99. The van der Waals surface area contributed by atoms with E-state index in [1.54, 1.807) is 29.2 Å². The summed E-state index contributed by atoms with van der Waals surface area (Å²) in [6.07, 6.45) is 3.06. The van der Waals surface area contributed by atoms with Crippen LogP contribution in [0.15, 0.2) is 24.3 Å². The Morgan fingerprint density at radius 2 is 1.74 bits per heavy atom. The van der Waals surface area contributed by atoms with E-state index in [0.717, 1.165) is 12.8 Å². The summed E-state index contributed by atoms with van der Waals surface area (Å²) in [4.78, 5) is 44.7. The molecule has 0 saturated carbocycles. The maximum Gasteiger partial charge on any atom is 0.246 e. The van der Waals surface area contributed by atoms with Gasteiger partial charge in [0.05, 0.1) is 36.7 Å². The minimum absolute atomic E-state index is 0.0359. The Hall–Kier alpha value is -2.65. The minimum Gasteiger partial charge on any atom is -0.494 e. The second-order valence-electron chi connectivity index (χ2n) is 14.8. The number of likely N-dealkylation sites (tertiary alicyclic amines) is 1. The zero-order valence-electron chi connectivity index (χ0n) is 27.6. The number of carbonyl (C=O) groups excluding carboxylic acids is 3. The second kappa shape index (κ2) is 12.0. The van der Waals surface area contributed by atoms with Crippen molar-refractivity contribution in [1.29, 1.82) is 0 Å². The van der Waals surface area contributed by atoms with E-state index in [-0.39, 0.29) is 35.7 Å². The van der Waals surface area contributed by atoms with Crippen LogP contribution in [0.5, 0.6) is 5.75 Å². The fourth-order valence-electron chi connectivity index (χ4n) is 8.32. The van der Waals surface area contributed by atoms with Gasteiger partial charge in [0.15, 0.2) is 0 Å².